The third-order valence-corrected chi connectivity index (χ3v) is 4.50. The van der Waals surface area contributed by atoms with E-state index in [0.717, 1.165) is 49.7 Å². The number of hydrogen-bond acceptors (Lipinski definition) is 5. The monoisotopic (exact) mass is 338 g/mol. The molecule has 0 atom stereocenters. The third kappa shape index (κ3) is 4.68. The molecular weight excluding hydrogens is 316 g/mol. The van der Waals surface area contributed by atoms with E-state index >= 15 is 0 Å². The van der Waals surface area contributed by atoms with Gasteiger partial charge in [-0.3, -0.25) is 9.69 Å². The van der Waals surface area contributed by atoms with Gasteiger partial charge in [0.25, 0.3) is 0 Å². The summed E-state index contributed by atoms with van der Waals surface area (Å²) in [6, 6.07) is 11.5. The van der Waals surface area contributed by atoms with Gasteiger partial charge >= 0.3 is 0 Å². The number of benzene rings is 1. The molecule has 0 saturated carbocycles. The number of aromatic nitrogens is 1. The van der Waals surface area contributed by atoms with Crippen molar-refractivity contribution in [2.75, 3.05) is 26.2 Å². The Labute approximate surface area is 147 Å². The van der Waals surface area contributed by atoms with E-state index in [1.54, 1.807) is 12.1 Å². The lowest BCUT2D eigenvalue weighted by molar-refractivity contribution is -0.133. The summed E-state index contributed by atoms with van der Waals surface area (Å²) in [6.07, 6.45) is 1.22. The van der Waals surface area contributed by atoms with Crippen LogP contribution in [0.4, 0.5) is 0 Å². The van der Waals surface area contributed by atoms with E-state index in [1.165, 1.54) is 0 Å². The number of aryl methyl sites for hydroxylation is 2. The van der Waals surface area contributed by atoms with Crippen molar-refractivity contribution < 1.29 is 9.32 Å². The molecule has 0 spiro atoms. The van der Waals surface area contributed by atoms with Gasteiger partial charge in [0.1, 0.15) is 5.76 Å². The highest BCUT2D eigenvalue weighted by atomic mass is 16.5. The van der Waals surface area contributed by atoms with Crippen LogP contribution in [0.5, 0.6) is 0 Å². The van der Waals surface area contributed by atoms with Crippen LogP contribution in [0, 0.1) is 18.3 Å². The zero-order valence-electron chi connectivity index (χ0n) is 14.4. The van der Waals surface area contributed by atoms with Crippen LogP contribution in [-0.4, -0.2) is 47.0 Å². The maximum Gasteiger partial charge on any atom is 0.222 e. The standard InChI is InChI=1S/C19H22N4O2/c1-15-12-18(21-25-15)14-22-8-10-23(11-9-22)19(24)7-6-16-2-4-17(13-20)5-3-16/h2-5,12H,6-11,14H2,1H3. The number of nitriles is 1. The predicted molar refractivity (Wildman–Crippen MR) is 92.6 cm³/mol. The van der Waals surface area contributed by atoms with Crippen molar-refractivity contribution in [3.63, 3.8) is 0 Å². The van der Waals surface area contributed by atoms with E-state index in [0.29, 0.717) is 18.4 Å². The Bertz CT molecular complexity index is 752. The van der Waals surface area contributed by atoms with E-state index in [1.807, 2.05) is 30.0 Å². The van der Waals surface area contributed by atoms with Crippen LogP contribution in [0.3, 0.4) is 0 Å². The average molecular weight is 338 g/mol. The van der Waals surface area contributed by atoms with Gasteiger partial charge < -0.3 is 9.42 Å². The first-order chi connectivity index (χ1) is 12.1. The lowest BCUT2D eigenvalue weighted by Crippen LogP contribution is -2.48. The van der Waals surface area contributed by atoms with Crippen LogP contribution in [0.2, 0.25) is 0 Å². The fraction of sp³-hybridized carbons (Fsp3) is 0.421. The van der Waals surface area contributed by atoms with Gasteiger partial charge in [-0.15, -0.1) is 0 Å². The topological polar surface area (TPSA) is 73.4 Å². The van der Waals surface area contributed by atoms with Crippen molar-refractivity contribution in [1.29, 1.82) is 5.26 Å². The van der Waals surface area contributed by atoms with E-state index < -0.39 is 0 Å². The van der Waals surface area contributed by atoms with Crippen molar-refractivity contribution in [3.8, 4) is 6.07 Å². The van der Waals surface area contributed by atoms with Gasteiger partial charge in [-0.2, -0.15) is 5.26 Å². The molecule has 0 radical (unpaired) electrons. The van der Waals surface area contributed by atoms with Gasteiger partial charge in [0.05, 0.1) is 17.3 Å². The summed E-state index contributed by atoms with van der Waals surface area (Å²) in [5.41, 5.74) is 2.68. The van der Waals surface area contributed by atoms with E-state index in [9.17, 15) is 4.79 Å². The normalized spacial score (nSPS) is 15.1. The zero-order chi connectivity index (χ0) is 17.6. The van der Waals surface area contributed by atoms with Gasteiger partial charge in [0.2, 0.25) is 5.91 Å². The molecular formula is C19H22N4O2. The second-order valence-corrected chi connectivity index (χ2v) is 6.39. The second kappa shape index (κ2) is 7.95. The Balaban J connectivity index is 1.42. The van der Waals surface area contributed by atoms with E-state index in [2.05, 4.69) is 16.1 Å². The number of carbonyl (C=O) groups is 1. The molecule has 0 bridgehead atoms. The van der Waals surface area contributed by atoms with Crippen molar-refractivity contribution >= 4 is 5.91 Å². The molecule has 6 heteroatoms. The Morgan fingerprint density at radius 1 is 1.24 bits per heavy atom. The minimum atomic E-state index is 0.196. The second-order valence-electron chi connectivity index (χ2n) is 6.39. The molecule has 25 heavy (non-hydrogen) atoms. The van der Waals surface area contributed by atoms with Crippen LogP contribution < -0.4 is 0 Å². The Kier molecular flexibility index (Phi) is 5.46. The van der Waals surface area contributed by atoms with E-state index in [-0.39, 0.29) is 5.91 Å². The minimum absolute atomic E-state index is 0.196. The van der Waals surface area contributed by atoms with E-state index in [4.69, 9.17) is 9.78 Å². The first kappa shape index (κ1) is 17.2. The highest BCUT2D eigenvalue weighted by Gasteiger charge is 2.21. The maximum atomic E-state index is 12.4. The molecule has 1 amide bonds. The minimum Gasteiger partial charge on any atom is -0.361 e. The van der Waals surface area contributed by atoms with Crippen LogP contribution in [0.1, 0.15) is 29.0 Å². The molecule has 1 aliphatic heterocycles. The quantitative estimate of drug-likeness (QED) is 0.835. The van der Waals surface area contributed by atoms with Crippen LogP contribution in [-0.2, 0) is 17.8 Å². The van der Waals surface area contributed by atoms with Crippen molar-refractivity contribution in [2.45, 2.75) is 26.3 Å². The third-order valence-electron chi connectivity index (χ3n) is 4.50. The molecule has 1 aromatic heterocycles. The number of amides is 1. The van der Waals surface area contributed by atoms with Gasteiger partial charge in [-0.1, -0.05) is 17.3 Å². The lowest BCUT2D eigenvalue weighted by Gasteiger charge is -2.34. The molecule has 0 unspecified atom stereocenters. The summed E-state index contributed by atoms with van der Waals surface area (Å²) in [5, 5.41) is 12.8. The summed E-state index contributed by atoms with van der Waals surface area (Å²) < 4.78 is 5.09. The maximum absolute atomic E-state index is 12.4. The van der Waals surface area contributed by atoms with Crippen LogP contribution >= 0.6 is 0 Å². The van der Waals surface area contributed by atoms with Crippen LogP contribution in [0.25, 0.3) is 0 Å². The molecule has 1 fully saturated rings. The first-order valence-corrected chi connectivity index (χ1v) is 8.55. The zero-order valence-corrected chi connectivity index (χ0v) is 14.4. The number of piperazine rings is 1. The average Bonchev–Trinajstić information content (AvgIpc) is 3.05. The Morgan fingerprint density at radius 3 is 2.56 bits per heavy atom. The molecule has 130 valence electrons. The molecule has 6 nitrogen and oxygen atoms in total. The summed E-state index contributed by atoms with van der Waals surface area (Å²) in [4.78, 5) is 16.6. The summed E-state index contributed by atoms with van der Waals surface area (Å²) in [6.45, 7) is 5.88. The highest BCUT2D eigenvalue weighted by molar-refractivity contribution is 5.76. The molecule has 3 rings (SSSR count). The van der Waals surface area contributed by atoms with Gasteiger partial charge in [-0.25, -0.2) is 0 Å². The van der Waals surface area contributed by atoms with Crippen LogP contribution in [0.15, 0.2) is 34.9 Å². The largest absolute Gasteiger partial charge is 0.361 e. The smallest absolute Gasteiger partial charge is 0.222 e. The molecule has 2 heterocycles. The van der Waals surface area contributed by atoms with Crippen molar-refractivity contribution in [1.82, 2.24) is 15.0 Å². The van der Waals surface area contributed by atoms with Crippen molar-refractivity contribution in [3.05, 3.63) is 52.9 Å². The Morgan fingerprint density at radius 2 is 1.96 bits per heavy atom. The molecule has 2 aromatic rings. The molecule has 1 saturated heterocycles. The molecule has 1 aromatic carbocycles. The predicted octanol–water partition coefficient (Wildman–Crippen LogP) is 2.13. The van der Waals surface area contributed by atoms with Gasteiger partial charge in [0.15, 0.2) is 0 Å². The fourth-order valence-electron chi connectivity index (χ4n) is 3.03. The SMILES string of the molecule is Cc1cc(CN2CCN(C(=O)CCc3ccc(C#N)cc3)CC2)no1. The highest BCUT2D eigenvalue weighted by Crippen LogP contribution is 2.11. The van der Waals surface area contributed by atoms with Crippen molar-refractivity contribution in [2.24, 2.45) is 0 Å². The summed E-state index contributed by atoms with van der Waals surface area (Å²) in [7, 11) is 0. The molecule has 0 N–H and O–H groups in total. The summed E-state index contributed by atoms with van der Waals surface area (Å²) >= 11 is 0. The lowest BCUT2D eigenvalue weighted by atomic mass is 10.1. The summed E-state index contributed by atoms with van der Waals surface area (Å²) in [5.74, 6) is 1.02. The molecule has 0 aliphatic carbocycles. The first-order valence-electron chi connectivity index (χ1n) is 8.55. The number of rotatable bonds is 5. The number of hydrogen-bond donors (Lipinski definition) is 0. The fourth-order valence-corrected chi connectivity index (χ4v) is 3.03. The number of nitrogens with zero attached hydrogens (tertiary/aromatic N) is 4. The van der Waals surface area contributed by atoms with Gasteiger partial charge in [-0.05, 0) is 31.0 Å². The van der Waals surface area contributed by atoms with Gasteiger partial charge in [0, 0.05) is 45.2 Å². The number of carbonyl (C=O) groups excluding carboxylic acids is 1. The Hall–Kier alpha value is -2.65. The molecule has 1 aliphatic rings.